The Bertz CT molecular complexity index is 1060. The molecule has 0 aliphatic carbocycles. The van der Waals surface area contributed by atoms with Crippen molar-refractivity contribution in [3.63, 3.8) is 0 Å². The highest BCUT2D eigenvalue weighted by molar-refractivity contribution is 5.95. The first-order chi connectivity index (χ1) is 13.6. The van der Waals surface area contributed by atoms with Crippen molar-refractivity contribution in [2.45, 2.75) is 25.6 Å². The van der Waals surface area contributed by atoms with Crippen LogP contribution in [0.2, 0.25) is 0 Å². The van der Waals surface area contributed by atoms with Crippen LogP contribution >= 0.6 is 0 Å². The summed E-state index contributed by atoms with van der Waals surface area (Å²) in [4.78, 5) is 24.3. The highest BCUT2D eigenvalue weighted by atomic mass is 19.4. The Morgan fingerprint density at radius 3 is 2.69 bits per heavy atom. The number of hydrogen-bond acceptors (Lipinski definition) is 5. The van der Waals surface area contributed by atoms with Crippen molar-refractivity contribution in [1.82, 2.24) is 0 Å². The smallest absolute Gasteiger partial charge is 0.416 e. The number of esters is 1. The number of fused-ring (bicyclic) bond motifs is 1. The Kier molecular flexibility index (Phi) is 5.49. The maximum absolute atomic E-state index is 12.7. The van der Waals surface area contributed by atoms with E-state index in [1.165, 1.54) is 31.4 Å². The third-order valence-corrected chi connectivity index (χ3v) is 4.11. The van der Waals surface area contributed by atoms with Gasteiger partial charge >= 0.3 is 12.1 Å². The van der Waals surface area contributed by atoms with Gasteiger partial charge in [0.05, 0.1) is 18.2 Å². The summed E-state index contributed by atoms with van der Waals surface area (Å²) < 4.78 is 48.6. The van der Waals surface area contributed by atoms with Gasteiger partial charge in [-0.1, -0.05) is 6.07 Å². The van der Waals surface area contributed by atoms with Crippen molar-refractivity contribution >= 4 is 28.5 Å². The first kappa shape index (κ1) is 20.2. The Labute approximate surface area is 162 Å². The first-order valence-electron chi connectivity index (χ1n) is 8.50. The lowest BCUT2D eigenvalue weighted by Gasteiger charge is -2.14. The lowest BCUT2D eigenvalue weighted by molar-refractivity contribution is -0.152. The van der Waals surface area contributed by atoms with E-state index in [-0.39, 0.29) is 17.9 Å². The minimum Gasteiger partial charge on any atom is -0.508 e. The molecular weight excluding hydrogens is 391 g/mol. The highest BCUT2D eigenvalue weighted by Gasteiger charge is 2.30. The number of benzene rings is 2. The zero-order chi connectivity index (χ0) is 21.2. The Hall–Kier alpha value is -3.49. The number of ether oxygens (including phenoxy) is 1. The van der Waals surface area contributed by atoms with Crippen LogP contribution in [0.15, 0.2) is 53.1 Å². The number of aromatic hydroxyl groups is 1. The zero-order valence-corrected chi connectivity index (χ0v) is 15.1. The van der Waals surface area contributed by atoms with E-state index < -0.39 is 29.7 Å². The molecular formula is C20H16F3NO5. The lowest BCUT2D eigenvalue weighted by atomic mass is 10.1. The van der Waals surface area contributed by atoms with Crippen LogP contribution in [-0.2, 0) is 26.9 Å². The van der Waals surface area contributed by atoms with E-state index in [2.05, 4.69) is 5.32 Å². The normalized spacial score (nSPS) is 12.6. The number of alkyl halides is 3. The molecule has 0 unspecified atom stereocenters. The molecule has 2 aromatic carbocycles. The molecule has 1 aromatic heterocycles. The monoisotopic (exact) mass is 407 g/mol. The zero-order valence-electron chi connectivity index (χ0n) is 15.1. The van der Waals surface area contributed by atoms with Gasteiger partial charge in [0.15, 0.2) is 6.10 Å². The first-order valence-corrected chi connectivity index (χ1v) is 8.50. The van der Waals surface area contributed by atoms with E-state index in [1.54, 1.807) is 6.07 Å². The Morgan fingerprint density at radius 2 is 1.97 bits per heavy atom. The van der Waals surface area contributed by atoms with E-state index in [4.69, 9.17) is 9.15 Å². The van der Waals surface area contributed by atoms with Crippen LogP contribution in [0.4, 0.5) is 18.9 Å². The van der Waals surface area contributed by atoms with Gasteiger partial charge in [-0.3, -0.25) is 9.59 Å². The average Bonchev–Trinajstić information content (AvgIpc) is 3.02. The van der Waals surface area contributed by atoms with Crippen LogP contribution in [0.1, 0.15) is 18.1 Å². The summed E-state index contributed by atoms with van der Waals surface area (Å²) in [6, 6.07) is 8.56. The second-order valence-corrected chi connectivity index (χ2v) is 6.32. The molecule has 29 heavy (non-hydrogen) atoms. The third-order valence-electron chi connectivity index (χ3n) is 4.11. The standard InChI is InChI=1S/C20H16F3NO5/c1-11(19(27)24-14-4-2-3-13(8-14)20(21,22)23)29-18(26)7-12-10-28-17-9-15(25)5-6-16(12)17/h2-6,8-11,25H,7H2,1H3,(H,24,27)/t11-/m1/s1. The second kappa shape index (κ2) is 7.86. The maximum atomic E-state index is 12.7. The van der Waals surface area contributed by atoms with Gasteiger partial charge in [-0.05, 0) is 37.3 Å². The summed E-state index contributed by atoms with van der Waals surface area (Å²) in [6.45, 7) is 1.31. The number of rotatable bonds is 5. The number of nitrogens with one attached hydrogen (secondary N) is 1. The number of hydrogen-bond donors (Lipinski definition) is 2. The fraction of sp³-hybridized carbons (Fsp3) is 0.200. The van der Waals surface area contributed by atoms with Gasteiger partial charge < -0.3 is 19.6 Å². The third kappa shape index (κ3) is 4.87. The molecule has 6 nitrogen and oxygen atoms in total. The molecule has 1 atom stereocenters. The summed E-state index contributed by atoms with van der Waals surface area (Å²) in [5.74, 6) is -1.46. The molecule has 0 saturated carbocycles. The number of carbonyl (C=O) groups excluding carboxylic acids is 2. The van der Waals surface area contributed by atoms with Gasteiger partial charge in [0.1, 0.15) is 11.3 Å². The van der Waals surface area contributed by atoms with Gasteiger partial charge in [-0.15, -0.1) is 0 Å². The molecule has 0 bridgehead atoms. The molecule has 9 heteroatoms. The van der Waals surface area contributed by atoms with Crippen molar-refractivity contribution in [1.29, 1.82) is 0 Å². The molecule has 0 fully saturated rings. The summed E-state index contributed by atoms with van der Waals surface area (Å²) in [6.07, 6.45) is -4.60. The van der Waals surface area contributed by atoms with Crippen LogP contribution in [-0.4, -0.2) is 23.1 Å². The highest BCUT2D eigenvalue weighted by Crippen LogP contribution is 2.30. The predicted molar refractivity (Wildman–Crippen MR) is 97.2 cm³/mol. The van der Waals surface area contributed by atoms with Crippen LogP contribution in [0, 0.1) is 0 Å². The molecule has 0 spiro atoms. The maximum Gasteiger partial charge on any atom is 0.416 e. The van der Waals surface area contributed by atoms with Gasteiger partial charge in [0.2, 0.25) is 0 Å². The Balaban J connectivity index is 1.61. The lowest BCUT2D eigenvalue weighted by Crippen LogP contribution is -2.30. The molecule has 0 saturated heterocycles. The van der Waals surface area contributed by atoms with Crippen molar-refractivity contribution in [2.24, 2.45) is 0 Å². The van der Waals surface area contributed by atoms with Crippen molar-refractivity contribution in [3.05, 3.63) is 59.9 Å². The van der Waals surface area contributed by atoms with Crippen molar-refractivity contribution in [3.8, 4) is 5.75 Å². The number of carbonyl (C=O) groups is 2. The molecule has 3 aromatic rings. The van der Waals surface area contributed by atoms with E-state index >= 15 is 0 Å². The minimum atomic E-state index is -4.54. The number of amides is 1. The van der Waals surface area contributed by atoms with Crippen molar-refractivity contribution < 1.29 is 37.0 Å². The largest absolute Gasteiger partial charge is 0.508 e. The van der Waals surface area contributed by atoms with E-state index in [1.807, 2.05) is 0 Å². The molecule has 0 aliphatic rings. The Morgan fingerprint density at radius 1 is 1.21 bits per heavy atom. The molecule has 0 radical (unpaired) electrons. The molecule has 0 aliphatic heterocycles. The number of phenols is 1. The summed E-state index contributed by atoms with van der Waals surface area (Å²) in [7, 11) is 0. The molecule has 152 valence electrons. The average molecular weight is 407 g/mol. The number of anilines is 1. The summed E-state index contributed by atoms with van der Waals surface area (Å²) >= 11 is 0. The van der Waals surface area contributed by atoms with Gasteiger partial charge in [0, 0.05) is 22.7 Å². The molecule has 3 rings (SSSR count). The van der Waals surface area contributed by atoms with Gasteiger partial charge in [0.25, 0.3) is 5.91 Å². The minimum absolute atomic E-state index is 0.0147. The molecule has 1 heterocycles. The van der Waals surface area contributed by atoms with Crippen LogP contribution in [0.3, 0.4) is 0 Å². The number of phenolic OH excluding ortho intramolecular Hbond substituents is 1. The molecule has 2 N–H and O–H groups in total. The van der Waals surface area contributed by atoms with Gasteiger partial charge in [-0.25, -0.2) is 0 Å². The molecule has 1 amide bonds. The SMILES string of the molecule is C[C@@H](OC(=O)Cc1coc2cc(O)ccc12)C(=O)Nc1cccc(C(F)(F)F)c1. The quantitative estimate of drug-likeness (QED) is 0.617. The van der Waals surface area contributed by atoms with Gasteiger partial charge in [-0.2, -0.15) is 13.2 Å². The summed E-state index contributed by atoms with van der Waals surface area (Å²) in [5, 5.41) is 12.3. The van der Waals surface area contributed by atoms with Crippen molar-refractivity contribution in [2.75, 3.05) is 5.32 Å². The fourth-order valence-corrected chi connectivity index (χ4v) is 2.67. The number of furan rings is 1. The topological polar surface area (TPSA) is 88.8 Å². The van der Waals surface area contributed by atoms with Crippen LogP contribution < -0.4 is 5.32 Å². The fourth-order valence-electron chi connectivity index (χ4n) is 2.67. The van der Waals surface area contributed by atoms with E-state index in [0.29, 0.717) is 16.5 Å². The summed E-state index contributed by atoms with van der Waals surface area (Å²) in [5.41, 5.74) is -0.0650. The van der Waals surface area contributed by atoms with E-state index in [0.717, 1.165) is 18.2 Å². The predicted octanol–water partition coefficient (Wildman–Crippen LogP) is 4.27. The van der Waals surface area contributed by atoms with Crippen LogP contribution in [0.5, 0.6) is 5.75 Å². The second-order valence-electron chi connectivity index (χ2n) is 6.32. The van der Waals surface area contributed by atoms with E-state index in [9.17, 15) is 27.9 Å². The van der Waals surface area contributed by atoms with Crippen LogP contribution in [0.25, 0.3) is 11.0 Å². The number of halogens is 3.